The highest BCUT2D eigenvalue weighted by Gasteiger charge is 2.30. The number of anilines is 1. The van der Waals surface area contributed by atoms with Crippen molar-refractivity contribution in [3.63, 3.8) is 0 Å². The topological polar surface area (TPSA) is 69.6 Å². The van der Waals surface area contributed by atoms with E-state index in [0.29, 0.717) is 17.3 Å². The molecule has 0 unspecified atom stereocenters. The largest absolute Gasteiger partial charge is 0.507 e. The average molecular weight is 366 g/mol. The Morgan fingerprint density at radius 3 is 2.63 bits per heavy atom. The predicted molar refractivity (Wildman–Crippen MR) is 105 cm³/mol. The third-order valence-electron chi connectivity index (χ3n) is 5.57. The minimum Gasteiger partial charge on any atom is -0.507 e. The maximum atomic E-state index is 12.6. The van der Waals surface area contributed by atoms with Gasteiger partial charge in [-0.15, -0.1) is 0 Å². The molecule has 0 radical (unpaired) electrons. The van der Waals surface area contributed by atoms with Crippen LogP contribution in [0.1, 0.15) is 31.4 Å². The summed E-state index contributed by atoms with van der Waals surface area (Å²) in [6.07, 6.45) is 4.22. The number of carbonyl (C=O) groups is 1. The molecule has 2 heterocycles. The van der Waals surface area contributed by atoms with Crippen LogP contribution in [-0.4, -0.2) is 52.1 Å². The lowest BCUT2D eigenvalue weighted by atomic mass is 9.84. The summed E-state index contributed by atoms with van der Waals surface area (Å²) in [4.78, 5) is 26.0. The molecule has 0 bridgehead atoms. The molecule has 4 rings (SSSR count). The van der Waals surface area contributed by atoms with Crippen molar-refractivity contribution in [3.8, 4) is 17.1 Å². The third-order valence-corrected chi connectivity index (χ3v) is 5.57. The maximum absolute atomic E-state index is 12.6. The molecule has 2 aliphatic rings. The summed E-state index contributed by atoms with van der Waals surface area (Å²) in [5, 5.41) is 10.1. The number of hydrogen-bond acceptors (Lipinski definition) is 5. The number of carbonyl (C=O) groups excluding carboxylic acids is 1. The van der Waals surface area contributed by atoms with Gasteiger partial charge in [-0.25, -0.2) is 9.97 Å². The van der Waals surface area contributed by atoms with E-state index in [9.17, 15) is 9.90 Å². The Bertz CT molecular complexity index is 835. The molecule has 1 aliphatic carbocycles. The number of aromatic nitrogens is 2. The Labute approximate surface area is 159 Å². The highest BCUT2D eigenvalue weighted by Crippen LogP contribution is 2.30. The molecule has 1 aliphatic heterocycles. The van der Waals surface area contributed by atoms with Gasteiger partial charge in [0.2, 0.25) is 5.91 Å². The van der Waals surface area contributed by atoms with E-state index in [1.165, 1.54) is 6.42 Å². The zero-order valence-electron chi connectivity index (χ0n) is 15.8. The first-order valence-corrected chi connectivity index (χ1v) is 9.79. The standard InChI is InChI=1S/C21H26N4O2/c1-15-14-19(23-20(22-15)17-8-2-3-9-18(17)26)24-10-5-11-25(13-12-24)21(27)16-6-4-7-16/h2-3,8-9,14,16,26H,4-7,10-13H2,1H3. The Morgan fingerprint density at radius 1 is 1.07 bits per heavy atom. The summed E-state index contributed by atoms with van der Waals surface area (Å²) in [5.41, 5.74) is 1.50. The van der Waals surface area contributed by atoms with E-state index in [2.05, 4.69) is 9.88 Å². The SMILES string of the molecule is Cc1cc(N2CCCN(C(=O)C3CCC3)CC2)nc(-c2ccccc2O)n1. The second-order valence-corrected chi connectivity index (χ2v) is 7.50. The van der Waals surface area contributed by atoms with Gasteiger partial charge in [0.15, 0.2) is 5.82 Å². The quantitative estimate of drug-likeness (QED) is 0.904. The number of para-hydroxylation sites is 1. The van der Waals surface area contributed by atoms with Gasteiger partial charge in [-0.3, -0.25) is 4.79 Å². The van der Waals surface area contributed by atoms with Crippen molar-refractivity contribution < 1.29 is 9.90 Å². The first-order chi connectivity index (χ1) is 13.1. The number of amides is 1. The van der Waals surface area contributed by atoms with E-state index in [-0.39, 0.29) is 11.7 Å². The van der Waals surface area contributed by atoms with Crippen molar-refractivity contribution in [2.45, 2.75) is 32.6 Å². The lowest BCUT2D eigenvalue weighted by molar-refractivity contribution is -0.137. The normalized spacial score (nSPS) is 18.1. The number of aromatic hydroxyl groups is 1. The van der Waals surface area contributed by atoms with Crippen LogP contribution in [0.2, 0.25) is 0 Å². The van der Waals surface area contributed by atoms with Crippen LogP contribution in [-0.2, 0) is 4.79 Å². The fraction of sp³-hybridized carbons (Fsp3) is 0.476. The summed E-state index contributed by atoms with van der Waals surface area (Å²) >= 11 is 0. The van der Waals surface area contributed by atoms with Crippen molar-refractivity contribution >= 4 is 11.7 Å². The van der Waals surface area contributed by atoms with Crippen molar-refractivity contribution in [3.05, 3.63) is 36.0 Å². The molecule has 1 aromatic heterocycles. The first kappa shape index (κ1) is 17.8. The van der Waals surface area contributed by atoms with Crippen LogP contribution < -0.4 is 4.90 Å². The molecule has 142 valence electrons. The number of benzene rings is 1. The maximum Gasteiger partial charge on any atom is 0.225 e. The van der Waals surface area contributed by atoms with Gasteiger partial charge < -0.3 is 14.9 Å². The number of phenols is 1. The van der Waals surface area contributed by atoms with Gasteiger partial charge in [0.25, 0.3) is 0 Å². The molecule has 0 spiro atoms. The Hall–Kier alpha value is -2.63. The van der Waals surface area contributed by atoms with Crippen LogP contribution >= 0.6 is 0 Å². The highest BCUT2D eigenvalue weighted by atomic mass is 16.3. The van der Waals surface area contributed by atoms with Gasteiger partial charge >= 0.3 is 0 Å². The summed E-state index contributed by atoms with van der Waals surface area (Å²) in [5.74, 6) is 2.16. The zero-order chi connectivity index (χ0) is 18.8. The molecule has 6 heteroatoms. The van der Waals surface area contributed by atoms with Crippen LogP contribution in [0.5, 0.6) is 5.75 Å². The van der Waals surface area contributed by atoms with Crippen LogP contribution in [0.25, 0.3) is 11.4 Å². The minimum atomic E-state index is 0.183. The molecule has 6 nitrogen and oxygen atoms in total. The molecule has 1 saturated heterocycles. The van der Waals surface area contributed by atoms with E-state index < -0.39 is 0 Å². The van der Waals surface area contributed by atoms with Crippen molar-refractivity contribution in [1.82, 2.24) is 14.9 Å². The predicted octanol–water partition coefficient (Wildman–Crippen LogP) is 3.00. The molecule has 2 aromatic rings. The molecular formula is C21H26N4O2. The van der Waals surface area contributed by atoms with Gasteiger partial charge in [-0.1, -0.05) is 18.6 Å². The number of hydrogen-bond donors (Lipinski definition) is 1. The molecule has 1 amide bonds. The Morgan fingerprint density at radius 2 is 1.89 bits per heavy atom. The Balaban J connectivity index is 1.53. The molecule has 1 saturated carbocycles. The van der Waals surface area contributed by atoms with E-state index in [1.54, 1.807) is 12.1 Å². The monoisotopic (exact) mass is 366 g/mol. The minimum absolute atomic E-state index is 0.183. The molecule has 1 N–H and O–H groups in total. The average Bonchev–Trinajstić information content (AvgIpc) is 2.86. The fourth-order valence-corrected chi connectivity index (χ4v) is 3.78. The number of nitrogens with zero attached hydrogens (tertiary/aromatic N) is 4. The molecular weight excluding hydrogens is 340 g/mol. The number of phenolic OH excluding ortho intramolecular Hbond substituents is 1. The second-order valence-electron chi connectivity index (χ2n) is 7.50. The van der Waals surface area contributed by atoms with Gasteiger partial charge in [-0.05, 0) is 38.3 Å². The molecule has 1 aromatic carbocycles. The van der Waals surface area contributed by atoms with E-state index in [1.807, 2.05) is 30.0 Å². The van der Waals surface area contributed by atoms with Gasteiger partial charge in [0.1, 0.15) is 11.6 Å². The molecule has 2 fully saturated rings. The number of rotatable bonds is 3. The molecule has 27 heavy (non-hydrogen) atoms. The summed E-state index contributed by atoms with van der Waals surface area (Å²) < 4.78 is 0. The summed E-state index contributed by atoms with van der Waals surface area (Å²) in [6.45, 7) is 5.14. The zero-order valence-corrected chi connectivity index (χ0v) is 15.8. The lowest BCUT2D eigenvalue weighted by Gasteiger charge is -2.31. The smallest absolute Gasteiger partial charge is 0.225 e. The Kier molecular flexibility index (Phi) is 4.97. The van der Waals surface area contributed by atoms with Gasteiger partial charge in [-0.2, -0.15) is 0 Å². The first-order valence-electron chi connectivity index (χ1n) is 9.79. The fourth-order valence-electron chi connectivity index (χ4n) is 3.78. The van der Waals surface area contributed by atoms with Crippen molar-refractivity contribution in [1.29, 1.82) is 0 Å². The lowest BCUT2D eigenvalue weighted by Crippen LogP contribution is -2.41. The van der Waals surface area contributed by atoms with Crippen molar-refractivity contribution in [2.24, 2.45) is 5.92 Å². The van der Waals surface area contributed by atoms with Crippen LogP contribution in [0, 0.1) is 12.8 Å². The molecule has 0 atom stereocenters. The van der Waals surface area contributed by atoms with Gasteiger partial charge in [0.05, 0.1) is 5.56 Å². The third kappa shape index (κ3) is 3.75. The van der Waals surface area contributed by atoms with Crippen LogP contribution in [0.3, 0.4) is 0 Å². The summed E-state index contributed by atoms with van der Waals surface area (Å²) in [7, 11) is 0. The highest BCUT2D eigenvalue weighted by molar-refractivity contribution is 5.79. The van der Waals surface area contributed by atoms with E-state index in [0.717, 1.165) is 57.0 Å². The second kappa shape index (κ2) is 7.55. The van der Waals surface area contributed by atoms with E-state index >= 15 is 0 Å². The van der Waals surface area contributed by atoms with Crippen LogP contribution in [0.4, 0.5) is 5.82 Å². The number of aryl methyl sites for hydroxylation is 1. The van der Waals surface area contributed by atoms with Crippen LogP contribution in [0.15, 0.2) is 30.3 Å². The van der Waals surface area contributed by atoms with E-state index in [4.69, 9.17) is 4.98 Å². The van der Waals surface area contributed by atoms with Crippen molar-refractivity contribution in [2.75, 3.05) is 31.1 Å². The summed E-state index contributed by atoms with van der Waals surface area (Å²) in [6, 6.07) is 9.12. The van der Waals surface area contributed by atoms with Gasteiger partial charge in [0, 0.05) is 43.9 Å².